The molecule has 0 radical (unpaired) electrons. The summed E-state index contributed by atoms with van der Waals surface area (Å²) in [5, 5.41) is 9.70. The molecule has 30 heavy (non-hydrogen) atoms. The van der Waals surface area contributed by atoms with Gasteiger partial charge in [0.15, 0.2) is 6.61 Å². The van der Waals surface area contributed by atoms with Crippen LogP contribution < -0.4 is 10.9 Å². The number of para-hydroxylation sites is 1. The van der Waals surface area contributed by atoms with Gasteiger partial charge in [-0.15, -0.1) is 0 Å². The van der Waals surface area contributed by atoms with Gasteiger partial charge in [0, 0.05) is 5.39 Å². The molecule has 9 nitrogen and oxygen atoms in total. The summed E-state index contributed by atoms with van der Waals surface area (Å²) in [6.45, 7) is 1.34. The fourth-order valence-electron chi connectivity index (χ4n) is 2.81. The largest absolute Gasteiger partial charge is 0.462 e. The van der Waals surface area contributed by atoms with Gasteiger partial charge in [-0.25, -0.2) is 9.89 Å². The molecule has 0 saturated heterocycles. The molecule has 1 heterocycles. The first-order chi connectivity index (χ1) is 14.5. The molecule has 2 N–H and O–H groups in total. The van der Waals surface area contributed by atoms with Crippen molar-refractivity contribution in [1.29, 1.82) is 0 Å². The second-order valence-corrected chi connectivity index (χ2v) is 6.20. The van der Waals surface area contributed by atoms with Crippen LogP contribution >= 0.6 is 0 Å². The van der Waals surface area contributed by atoms with Crippen LogP contribution in [0, 0.1) is 0 Å². The van der Waals surface area contributed by atoms with Gasteiger partial charge in [-0.05, 0) is 25.1 Å². The fraction of sp³-hybridized carbons (Fsp3) is 0.190. The summed E-state index contributed by atoms with van der Waals surface area (Å²) >= 11 is 0. The molecule has 3 aromatic rings. The van der Waals surface area contributed by atoms with Crippen LogP contribution in [0.4, 0.5) is 5.69 Å². The van der Waals surface area contributed by atoms with Crippen LogP contribution in [0.1, 0.15) is 23.0 Å². The number of nitrogens with one attached hydrogen (secondary N) is 2. The number of hydrogen-bond donors (Lipinski definition) is 2. The van der Waals surface area contributed by atoms with E-state index in [1.165, 1.54) is 6.07 Å². The number of H-pyrrole nitrogens is 1. The minimum atomic E-state index is -0.687. The van der Waals surface area contributed by atoms with Crippen LogP contribution in [0.25, 0.3) is 10.8 Å². The molecule has 0 saturated carbocycles. The highest BCUT2D eigenvalue weighted by atomic mass is 16.5. The number of esters is 2. The smallest absolute Gasteiger partial charge is 0.340 e. The zero-order valence-corrected chi connectivity index (χ0v) is 16.1. The number of benzene rings is 2. The minimum Gasteiger partial charge on any atom is -0.462 e. The van der Waals surface area contributed by atoms with Gasteiger partial charge in [-0.3, -0.25) is 14.4 Å². The Bertz CT molecular complexity index is 1150. The number of aromatic nitrogens is 2. The van der Waals surface area contributed by atoms with Gasteiger partial charge in [-0.1, -0.05) is 30.3 Å². The number of ether oxygens (including phenoxy) is 2. The average Bonchev–Trinajstić information content (AvgIpc) is 2.75. The molecule has 0 bridgehead atoms. The summed E-state index contributed by atoms with van der Waals surface area (Å²) in [7, 11) is 0. The highest BCUT2D eigenvalue weighted by molar-refractivity contribution is 6.02. The van der Waals surface area contributed by atoms with Gasteiger partial charge in [0.1, 0.15) is 0 Å². The molecule has 154 valence electrons. The van der Waals surface area contributed by atoms with E-state index in [2.05, 4.69) is 15.5 Å². The van der Waals surface area contributed by atoms with Crippen LogP contribution in [-0.2, 0) is 25.5 Å². The monoisotopic (exact) mass is 409 g/mol. The van der Waals surface area contributed by atoms with Crippen LogP contribution in [0.2, 0.25) is 0 Å². The molecule has 0 aliphatic rings. The van der Waals surface area contributed by atoms with Crippen molar-refractivity contribution in [3.63, 3.8) is 0 Å². The Morgan fingerprint density at radius 1 is 1.00 bits per heavy atom. The Morgan fingerprint density at radius 2 is 1.70 bits per heavy atom. The number of nitrogens with zero attached hydrogens (tertiary/aromatic N) is 1. The summed E-state index contributed by atoms with van der Waals surface area (Å²) < 4.78 is 9.96. The Labute approximate surface area is 171 Å². The van der Waals surface area contributed by atoms with Crippen LogP contribution in [0.5, 0.6) is 0 Å². The fourth-order valence-corrected chi connectivity index (χ4v) is 2.81. The predicted octanol–water partition coefficient (Wildman–Crippen LogP) is 1.82. The van der Waals surface area contributed by atoms with Gasteiger partial charge >= 0.3 is 11.9 Å². The van der Waals surface area contributed by atoms with E-state index in [9.17, 15) is 19.2 Å². The summed E-state index contributed by atoms with van der Waals surface area (Å²) in [5.74, 6) is -1.87. The lowest BCUT2D eigenvalue weighted by molar-refractivity contribution is -0.146. The summed E-state index contributed by atoms with van der Waals surface area (Å²) in [5.41, 5.74) is 0.429. The van der Waals surface area contributed by atoms with Crippen LogP contribution in [0.15, 0.2) is 53.3 Å². The number of amides is 1. The standard InChI is InChI=1S/C21H19N3O6/c1-2-29-21(28)15-9-5-6-10-16(15)22-18(25)12-30-19(26)11-17-13-7-3-4-8-14(13)20(27)24-23-17/h3-10H,2,11-12H2,1H3,(H,22,25)(H,24,27). The molecule has 1 amide bonds. The molecule has 0 atom stereocenters. The van der Waals surface area contributed by atoms with Crippen molar-refractivity contribution < 1.29 is 23.9 Å². The van der Waals surface area contributed by atoms with Gasteiger partial charge in [0.05, 0.1) is 35.4 Å². The minimum absolute atomic E-state index is 0.197. The number of fused-ring (bicyclic) bond motifs is 1. The zero-order valence-electron chi connectivity index (χ0n) is 16.1. The lowest BCUT2D eigenvalue weighted by Gasteiger charge is -2.10. The van der Waals surface area contributed by atoms with E-state index in [0.29, 0.717) is 16.5 Å². The molecular weight excluding hydrogens is 390 g/mol. The van der Waals surface area contributed by atoms with E-state index in [0.717, 1.165) is 0 Å². The quantitative estimate of drug-likeness (QED) is 0.570. The third kappa shape index (κ3) is 4.88. The van der Waals surface area contributed by atoms with E-state index < -0.39 is 24.5 Å². The molecule has 0 unspecified atom stereocenters. The normalized spacial score (nSPS) is 10.4. The first-order valence-electron chi connectivity index (χ1n) is 9.17. The first kappa shape index (κ1) is 20.7. The SMILES string of the molecule is CCOC(=O)c1ccccc1NC(=O)COC(=O)Cc1n[nH]c(=O)c2ccccc12. The van der Waals surface area contributed by atoms with Gasteiger partial charge in [0.25, 0.3) is 11.5 Å². The molecular formula is C21H19N3O6. The third-order valence-electron chi connectivity index (χ3n) is 4.15. The van der Waals surface area contributed by atoms with Crippen molar-refractivity contribution >= 4 is 34.3 Å². The van der Waals surface area contributed by atoms with Gasteiger partial charge in [-0.2, -0.15) is 5.10 Å². The van der Waals surface area contributed by atoms with E-state index in [1.54, 1.807) is 49.4 Å². The Kier molecular flexibility index (Phi) is 6.53. The van der Waals surface area contributed by atoms with E-state index in [4.69, 9.17) is 9.47 Å². The third-order valence-corrected chi connectivity index (χ3v) is 4.15. The topological polar surface area (TPSA) is 127 Å². The summed E-state index contributed by atoms with van der Waals surface area (Å²) in [4.78, 5) is 48.1. The first-order valence-corrected chi connectivity index (χ1v) is 9.17. The highest BCUT2D eigenvalue weighted by Crippen LogP contribution is 2.16. The Morgan fingerprint density at radius 3 is 2.47 bits per heavy atom. The number of carbonyl (C=O) groups excluding carboxylic acids is 3. The second-order valence-electron chi connectivity index (χ2n) is 6.20. The van der Waals surface area contributed by atoms with Crippen molar-refractivity contribution in [2.24, 2.45) is 0 Å². The number of anilines is 1. The van der Waals surface area contributed by atoms with Gasteiger partial charge in [0.2, 0.25) is 0 Å². The number of aromatic amines is 1. The van der Waals surface area contributed by atoms with E-state index in [1.807, 2.05) is 0 Å². The van der Waals surface area contributed by atoms with E-state index >= 15 is 0 Å². The lowest BCUT2D eigenvalue weighted by atomic mass is 10.1. The maximum atomic E-state index is 12.2. The Balaban J connectivity index is 1.61. The molecule has 2 aromatic carbocycles. The average molecular weight is 409 g/mol. The summed E-state index contributed by atoms with van der Waals surface area (Å²) in [6, 6.07) is 13.1. The number of carbonyl (C=O) groups is 3. The molecule has 9 heteroatoms. The maximum absolute atomic E-state index is 12.2. The Hall–Kier alpha value is -4.01. The maximum Gasteiger partial charge on any atom is 0.340 e. The zero-order chi connectivity index (χ0) is 21.5. The molecule has 0 aliphatic heterocycles. The molecule has 1 aromatic heterocycles. The number of rotatable bonds is 7. The molecule has 3 rings (SSSR count). The van der Waals surface area contributed by atoms with Crippen LogP contribution in [0.3, 0.4) is 0 Å². The van der Waals surface area contributed by atoms with Gasteiger partial charge < -0.3 is 14.8 Å². The van der Waals surface area contributed by atoms with Crippen molar-refractivity contribution in [1.82, 2.24) is 10.2 Å². The van der Waals surface area contributed by atoms with Crippen molar-refractivity contribution in [2.75, 3.05) is 18.5 Å². The predicted molar refractivity (Wildman–Crippen MR) is 108 cm³/mol. The van der Waals surface area contributed by atoms with Crippen molar-refractivity contribution in [3.05, 3.63) is 70.1 Å². The van der Waals surface area contributed by atoms with Crippen molar-refractivity contribution in [3.8, 4) is 0 Å². The number of hydrogen-bond acceptors (Lipinski definition) is 7. The molecule has 0 spiro atoms. The lowest BCUT2D eigenvalue weighted by Crippen LogP contribution is -2.23. The highest BCUT2D eigenvalue weighted by Gasteiger charge is 2.16. The molecule has 0 aliphatic carbocycles. The second kappa shape index (κ2) is 9.46. The summed E-state index contributed by atoms with van der Waals surface area (Å²) in [6.07, 6.45) is -0.218. The van der Waals surface area contributed by atoms with E-state index in [-0.39, 0.29) is 29.8 Å². The van der Waals surface area contributed by atoms with Crippen LogP contribution in [-0.4, -0.2) is 41.3 Å². The van der Waals surface area contributed by atoms with Crippen molar-refractivity contribution in [2.45, 2.75) is 13.3 Å². The molecule has 0 fully saturated rings.